The monoisotopic (exact) mass is 327 g/mol. The lowest BCUT2D eigenvalue weighted by atomic mass is 10.1. The molecule has 0 saturated heterocycles. The van der Waals surface area contributed by atoms with Gasteiger partial charge in [0.15, 0.2) is 0 Å². The molecule has 1 fully saturated rings. The molecule has 104 valence electrons. The SMILES string of the molecule is CN(Cc1cc(Br)cc([N+](=O)[O-])c1)C(CN)C1CC1. The lowest BCUT2D eigenvalue weighted by Gasteiger charge is -2.27. The molecule has 19 heavy (non-hydrogen) atoms. The van der Waals surface area contributed by atoms with Gasteiger partial charge in [-0.05, 0) is 37.4 Å². The van der Waals surface area contributed by atoms with E-state index in [4.69, 9.17) is 5.73 Å². The summed E-state index contributed by atoms with van der Waals surface area (Å²) in [6.07, 6.45) is 2.48. The highest BCUT2D eigenvalue weighted by Gasteiger charge is 2.32. The fraction of sp³-hybridized carbons (Fsp3) is 0.538. The second-order valence-electron chi connectivity index (χ2n) is 5.13. The van der Waals surface area contributed by atoms with Crippen molar-refractivity contribution in [2.75, 3.05) is 13.6 Å². The standard InChI is InChI=1S/C13H18BrN3O2/c1-16(13(7-15)10-2-3-10)8-9-4-11(14)6-12(5-9)17(18)19/h4-6,10,13H,2-3,7-8,15H2,1H3. The Balaban J connectivity index is 2.11. The maximum Gasteiger partial charge on any atom is 0.270 e. The molecule has 0 heterocycles. The molecule has 1 unspecified atom stereocenters. The molecule has 1 aliphatic carbocycles. The normalized spacial score (nSPS) is 16.6. The van der Waals surface area contributed by atoms with Gasteiger partial charge in [0, 0.05) is 35.7 Å². The first-order chi connectivity index (χ1) is 9.01. The minimum absolute atomic E-state index is 0.119. The molecule has 1 atom stereocenters. The molecule has 0 spiro atoms. The van der Waals surface area contributed by atoms with Crippen LogP contribution in [0.4, 0.5) is 5.69 Å². The molecule has 1 aromatic rings. The maximum absolute atomic E-state index is 10.9. The zero-order chi connectivity index (χ0) is 14.0. The highest BCUT2D eigenvalue weighted by molar-refractivity contribution is 9.10. The fourth-order valence-corrected chi connectivity index (χ4v) is 2.98. The van der Waals surface area contributed by atoms with Gasteiger partial charge in [-0.25, -0.2) is 0 Å². The lowest BCUT2D eigenvalue weighted by Crippen LogP contribution is -2.39. The number of rotatable bonds is 6. The van der Waals surface area contributed by atoms with Gasteiger partial charge in [-0.3, -0.25) is 15.0 Å². The topological polar surface area (TPSA) is 72.4 Å². The van der Waals surface area contributed by atoms with Crippen LogP contribution in [0.15, 0.2) is 22.7 Å². The van der Waals surface area contributed by atoms with Crippen molar-refractivity contribution >= 4 is 21.6 Å². The molecule has 6 heteroatoms. The quantitative estimate of drug-likeness (QED) is 0.643. The Hall–Kier alpha value is -0.980. The summed E-state index contributed by atoms with van der Waals surface area (Å²) in [5.41, 5.74) is 6.87. The second-order valence-corrected chi connectivity index (χ2v) is 6.05. The van der Waals surface area contributed by atoms with Crippen LogP contribution in [0.1, 0.15) is 18.4 Å². The van der Waals surface area contributed by atoms with Crippen LogP contribution in [0.3, 0.4) is 0 Å². The minimum atomic E-state index is -0.366. The zero-order valence-electron chi connectivity index (χ0n) is 10.9. The van der Waals surface area contributed by atoms with Crippen LogP contribution in [0, 0.1) is 16.0 Å². The number of halogens is 1. The number of nitro groups is 1. The molecular formula is C13H18BrN3O2. The predicted octanol–water partition coefficient (Wildman–Crippen LogP) is 2.53. The molecule has 2 N–H and O–H groups in total. The molecule has 0 bridgehead atoms. The molecule has 0 aromatic heterocycles. The van der Waals surface area contributed by atoms with Crippen molar-refractivity contribution in [3.05, 3.63) is 38.3 Å². The molecule has 0 radical (unpaired) electrons. The summed E-state index contributed by atoms with van der Waals surface area (Å²) in [5.74, 6) is 0.692. The van der Waals surface area contributed by atoms with Crippen LogP contribution in [0.2, 0.25) is 0 Å². The maximum atomic E-state index is 10.9. The summed E-state index contributed by atoms with van der Waals surface area (Å²) in [7, 11) is 2.03. The summed E-state index contributed by atoms with van der Waals surface area (Å²) < 4.78 is 0.737. The summed E-state index contributed by atoms with van der Waals surface area (Å²) >= 11 is 3.32. The van der Waals surface area contributed by atoms with Gasteiger partial charge in [0.2, 0.25) is 0 Å². The minimum Gasteiger partial charge on any atom is -0.329 e. The first-order valence-corrected chi connectivity index (χ1v) is 7.14. The average Bonchev–Trinajstić information content (AvgIpc) is 3.13. The summed E-state index contributed by atoms with van der Waals surface area (Å²) in [6, 6.07) is 5.44. The van der Waals surface area contributed by atoms with Crippen LogP contribution < -0.4 is 5.73 Å². The van der Waals surface area contributed by atoms with Gasteiger partial charge in [-0.1, -0.05) is 15.9 Å². The molecule has 1 aliphatic rings. The van der Waals surface area contributed by atoms with Crippen molar-refractivity contribution in [1.82, 2.24) is 4.90 Å². The van der Waals surface area contributed by atoms with Gasteiger partial charge < -0.3 is 5.73 Å². The fourth-order valence-electron chi connectivity index (χ4n) is 2.45. The van der Waals surface area contributed by atoms with Crippen LogP contribution in [0.25, 0.3) is 0 Å². The second kappa shape index (κ2) is 5.98. The van der Waals surface area contributed by atoms with Gasteiger partial charge in [0.05, 0.1) is 4.92 Å². The van der Waals surface area contributed by atoms with E-state index in [-0.39, 0.29) is 10.6 Å². The molecule has 0 aliphatic heterocycles. The molecule has 1 saturated carbocycles. The molecule has 2 rings (SSSR count). The number of nitro benzene ring substituents is 1. The Labute approximate surface area is 121 Å². The van der Waals surface area contributed by atoms with Crippen LogP contribution in [-0.4, -0.2) is 29.5 Å². The number of hydrogen-bond acceptors (Lipinski definition) is 4. The Morgan fingerprint density at radius 1 is 1.53 bits per heavy atom. The largest absolute Gasteiger partial charge is 0.329 e. The molecule has 1 aromatic carbocycles. The van der Waals surface area contributed by atoms with Gasteiger partial charge in [0.1, 0.15) is 0 Å². The smallest absolute Gasteiger partial charge is 0.270 e. The van der Waals surface area contributed by atoms with Gasteiger partial charge in [-0.2, -0.15) is 0 Å². The van der Waals surface area contributed by atoms with E-state index in [1.165, 1.54) is 18.9 Å². The average molecular weight is 328 g/mol. The number of hydrogen-bond donors (Lipinski definition) is 1. The van der Waals surface area contributed by atoms with Crippen LogP contribution >= 0.6 is 15.9 Å². The number of non-ortho nitro benzene ring substituents is 1. The van der Waals surface area contributed by atoms with Crippen LogP contribution in [0.5, 0.6) is 0 Å². The van der Waals surface area contributed by atoms with Crippen molar-refractivity contribution in [2.45, 2.75) is 25.4 Å². The number of nitrogens with zero attached hydrogens (tertiary/aromatic N) is 2. The lowest BCUT2D eigenvalue weighted by molar-refractivity contribution is -0.385. The third kappa shape index (κ3) is 3.75. The number of likely N-dealkylation sites (N-methyl/N-ethyl adjacent to an activating group) is 1. The van der Waals surface area contributed by atoms with E-state index in [0.717, 1.165) is 10.0 Å². The Bertz CT molecular complexity index is 477. The summed E-state index contributed by atoms with van der Waals surface area (Å²) in [4.78, 5) is 12.7. The summed E-state index contributed by atoms with van der Waals surface area (Å²) in [5, 5.41) is 10.9. The van der Waals surface area contributed by atoms with Gasteiger partial charge in [0.25, 0.3) is 5.69 Å². The van der Waals surface area contributed by atoms with E-state index in [9.17, 15) is 10.1 Å². The first-order valence-electron chi connectivity index (χ1n) is 6.35. The highest BCUT2D eigenvalue weighted by atomic mass is 79.9. The predicted molar refractivity (Wildman–Crippen MR) is 77.8 cm³/mol. The Morgan fingerprint density at radius 2 is 2.21 bits per heavy atom. The third-order valence-electron chi connectivity index (χ3n) is 3.56. The Kier molecular flexibility index (Phi) is 4.54. The van der Waals surface area contributed by atoms with Crippen molar-refractivity contribution in [2.24, 2.45) is 11.7 Å². The van der Waals surface area contributed by atoms with E-state index in [2.05, 4.69) is 20.8 Å². The van der Waals surface area contributed by atoms with Crippen molar-refractivity contribution in [3.63, 3.8) is 0 Å². The molecular weight excluding hydrogens is 310 g/mol. The van der Waals surface area contributed by atoms with Gasteiger partial charge >= 0.3 is 0 Å². The Morgan fingerprint density at radius 3 is 2.74 bits per heavy atom. The van der Waals surface area contributed by atoms with Crippen molar-refractivity contribution in [1.29, 1.82) is 0 Å². The van der Waals surface area contributed by atoms with Crippen molar-refractivity contribution < 1.29 is 4.92 Å². The zero-order valence-corrected chi connectivity index (χ0v) is 12.5. The highest BCUT2D eigenvalue weighted by Crippen LogP contribution is 2.35. The number of benzene rings is 1. The van der Waals surface area contributed by atoms with E-state index >= 15 is 0 Å². The van der Waals surface area contributed by atoms with Gasteiger partial charge in [-0.15, -0.1) is 0 Å². The van der Waals surface area contributed by atoms with Crippen molar-refractivity contribution in [3.8, 4) is 0 Å². The first kappa shape index (κ1) is 14.4. The van der Waals surface area contributed by atoms with E-state index < -0.39 is 0 Å². The molecule has 5 nitrogen and oxygen atoms in total. The third-order valence-corrected chi connectivity index (χ3v) is 4.02. The van der Waals surface area contributed by atoms with E-state index in [1.807, 2.05) is 13.1 Å². The van der Waals surface area contributed by atoms with E-state index in [0.29, 0.717) is 25.0 Å². The van der Waals surface area contributed by atoms with E-state index in [1.54, 1.807) is 6.07 Å². The number of nitrogens with two attached hydrogens (primary N) is 1. The van der Waals surface area contributed by atoms with Crippen LogP contribution in [-0.2, 0) is 6.54 Å². The molecule has 0 amide bonds. The summed E-state index contributed by atoms with van der Waals surface area (Å²) in [6.45, 7) is 1.32.